The molecule has 1 N–H and O–H groups in total. The molecule has 1 aromatic heterocycles. The summed E-state index contributed by atoms with van der Waals surface area (Å²) in [6.07, 6.45) is 1.94. The number of carboxylic acids is 1. The molecule has 2 rings (SSSR count). The van der Waals surface area contributed by atoms with Gasteiger partial charge in [0.25, 0.3) is 0 Å². The van der Waals surface area contributed by atoms with E-state index in [-0.39, 0.29) is 5.69 Å². The minimum absolute atomic E-state index is 0.252. The molecule has 0 aliphatic carbocycles. The van der Waals surface area contributed by atoms with Gasteiger partial charge in [-0.05, 0) is 12.5 Å². The van der Waals surface area contributed by atoms with Crippen LogP contribution in [0.25, 0.3) is 11.3 Å². The van der Waals surface area contributed by atoms with Crippen molar-refractivity contribution in [3.05, 3.63) is 42.1 Å². The SMILES string of the molecule is CCCCn1nc(-c2ccccc2)cc1C(=O)O. The first-order chi connectivity index (χ1) is 8.72. The number of carbonyl (C=O) groups is 1. The molecule has 0 bridgehead atoms. The molecular formula is C14H16N2O2. The maximum absolute atomic E-state index is 11.2. The maximum atomic E-state index is 11.2. The molecule has 1 heterocycles. The number of nitrogens with zero attached hydrogens (tertiary/aromatic N) is 2. The van der Waals surface area contributed by atoms with Crippen molar-refractivity contribution in [1.29, 1.82) is 0 Å². The van der Waals surface area contributed by atoms with Gasteiger partial charge in [-0.1, -0.05) is 43.7 Å². The molecule has 0 unspecified atom stereocenters. The van der Waals surface area contributed by atoms with Gasteiger partial charge in [-0.15, -0.1) is 0 Å². The Morgan fingerprint density at radius 3 is 2.67 bits per heavy atom. The van der Waals surface area contributed by atoms with Crippen molar-refractivity contribution in [2.24, 2.45) is 0 Å². The standard InChI is InChI=1S/C14H16N2O2/c1-2-3-9-16-13(14(17)18)10-12(15-16)11-7-5-4-6-8-11/h4-8,10H,2-3,9H2,1H3,(H,17,18). The first kappa shape index (κ1) is 12.4. The molecule has 0 saturated carbocycles. The third-order valence-corrected chi connectivity index (χ3v) is 2.79. The number of carboxylic acid groups (broad SMARTS) is 1. The lowest BCUT2D eigenvalue weighted by Gasteiger charge is -2.02. The maximum Gasteiger partial charge on any atom is 0.354 e. The Labute approximate surface area is 106 Å². The fourth-order valence-corrected chi connectivity index (χ4v) is 1.82. The summed E-state index contributed by atoms with van der Waals surface area (Å²) >= 11 is 0. The Bertz CT molecular complexity index is 532. The molecule has 1 aromatic carbocycles. The Morgan fingerprint density at radius 2 is 2.06 bits per heavy atom. The summed E-state index contributed by atoms with van der Waals surface area (Å²) in [5.41, 5.74) is 1.90. The van der Waals surface area contributed by atoms with Crippen molar-refractivity contribution in [1.82, 2.24) is 9.78 Å². The largest absolute Gasteiger partial charge is 0.477 e. The average molecular weight is 244 g/mol. The third-order valence-electron chi connectivity index (χ3n) is 2.79. The molecule has 18 heavy (non-hydrogen) atoms. The molecule has 0 atom stereocenters. The molecular weight excluding hydrogens is 228 g/mol. The van der Waals surface area contributed by atoms with Gasteiger partial charge in [0.2, 0.25) is 0 Å². The van der Waals surface area contributed by atoms with E-state index in [1.54, 1.807) is 10.7 Å². The van der Waals surface area contributed by atoms with E-state index < -0.39 is 5.97 Å². The molecule has 94 valence electrons. The van der Waals surface area contributed by atoms with Crippen molar-refractivity contribution in [2.75, 3.05) is 0 Å². The van der Waals surface area contributed by atoms with Gasteiger partial charge in [-0.25, -0.2) is 4.79 Å². The lowest BCUT2D eigenvalue weighted by Crippen LogP contribution is -2.09. The van der Waals surface area contributed by atoms with Crippen LogP contribution in [0.15, 0.2) is 36.4 Å². The Morgan fingerprint density at radius 1 is 1.33 bits per heavy atom. The van der Waals surface area contributed by atoms with Crippen LogP contribution in [0.2, 0.25) is 0 Å². The molecule has 4 heteroatoms. The Balaban J connectivity index is 2.36. The molecule has 0 saturated heterocycles. The number of hydrogen-bond donors (Lipinski definition) is 1. The number of aromatic carboxylic acids is 1. The highest BCUT2D eigenvalue weighted by atomic mass is 16.4. The van der Waals surface area contributed by atoms with E-state index in [0.29, 0.717) is 12.2 Å². The first-order valence-electron chi connectivity index (χ1n) is 6.09. The van der Waals surface area contributed by atoms with Crippen LogP contribution in [0.1, 0.15) is 30.3 Å². The second kappa shape index (κ2) is 5.49. The summed E-state index contributed by atoms with van der Waals surface area (Å²) in [5.74, 6) is -0.930. The summed E-state index contributed by atoms with van der Waals surface area (Å²) in [6, 6.07) is 11.3. The van der Waals surface area contributed by atoms with Gasteiger partial charge in [-0.2, -0.15) is 5.10 Å². The fraction of sp³-hybridized carbons (Fsp3) is 0.286. The molecule has 0 fully saturated rings. The Hall–Kier alpha value is -2.10. The smallest absolute Gasteiger partial charge is 0.354 e. The fourth-order valence-electron chi connectivity index (χ4n) is 1.82. The molecule has 2 aromatic rings. The van der Waals surface area contributed by atoms with E-state index in [0.717, 1.165) is 18.4 Å². The van der Waals surface area contributed by atoms with Crippen LogP contribution in [-0.2, 0) is 6.54 Å². The van der Waals surface area contributed by atoms with E-state index in [1.807, 2.05) is 30.3 Å². The van der Waals surface area contributed by atoms with E-state index in [9.17, 15) is 4.79 Å². The van der Waals surface area contributed by atoms with E-state index in [1.165, 1.54) is 0 Å². The lowest BCUT2D eigenvalue weighted by molar-refractivity contribution is 0.0683. The molecule has 0 aliphatic heterocycles. The molecule has 0 spiro atoms. The summed E-state index contributed by atoms with van der Waals surface area (Å²) in [4.78, 5) is 11.2. The highest BCUT2D eigenvalue weighted by Crippen LogP contribution is 2.19. The van der Waals surface area contributed by atoms with Crippen molar-refractivity contribution in [3.8, 4) is 11.3 Å². The number of unbranched alkanes of at least 4 members (excludes halogenated alkanes) is 1. The van der Waals surface area contributed by atoms with Crippen molar-refractivity contribution >= 4 is 5.97 Å². The van der Waals surface area contributed by atoms with E-state index >= 15 is 0 Å². The summed E-state index contributed by atoms with van der Waals surface area (Å²) in [5, 5.41) is 13.5. The van der Waals surface area contributed by atoms with Crippen LogP contribution >= 0.6 is 0 Å². The van der Waals surface area contributed by atoms with Crippen LogP contribution in [0.3, 0.4) is 0 Å². The number of hydrogen-bond acceptors (Lipinski definition) is 2. The molecule has 4 nitrogen and oxygen atoms in total. The van der Waals surface area contributed by atoms with E-state index in [4.69, 9.17) is 5.11 Å². The van der Waals surface area contributed by atoms with Gasteiger partial charge >= 0.3 is 5.97 Å². The number of benzene rings is 1. The molecule has 0 aliphatic rings. The van der Waals surface area contributed by atoms with Gasteiger partial charge in [-0.3, -0.25) is 4.68 Å². The highest BCUT2D eigenvalue weighted by Gasteiger charge is 2.14. The third kappa shape index (κ3) is 2.59. The molecule has 0 radical (unpaired) electrons. The monoisotopic (exact) mass is 244 g/mol. The zero-order valence-electron chi connectivity index (χ0n) is 10.3. The number of aromatic nitrogens is 2. The van der Waals surface area contributed by atoms with Crippen LogP contribution in [0.5, 0.6) is 0 Å². The average Bonchev–Trinajstić information content (AvgIpc) is 2.81. The second-order valence-corrected chi connectivity index (χ2v) is 4.16. The van der Waals surface area contributed by atoms with E-state index in [2.05, 4.69) is 12.0 Å². The van der Waals surface area contributed by atoms with Crippen LogP contribution in [0.4, 0.5) is 0 Å². The minimum Gasteiger partial charge on any atom is -0.477 e. The number of rotatable bonds is 5. The van der Waals surface area contributed by atoms with Gasteiger partial charge in [0, 0.05) is 12.1 Å². The van der Waals surface area contributed by atoms with Crippen molar-refractivity contribution in [2.45, 2.75) is 26.3 Å². The normalized spacial score (nSPS) is 10.5. The van der Waals surface area contributed by atoms with Gasteiger partial charge in [0.15, 0.2) is 0 Å². The summed E-state index contributed by atoms with van der Waals surface area (Å²) in [6.45, 7) is 2.72. The van der Waals surface area contributed by atoms with Gasteiger partial charge < -0.3 is 5.11 Å². The second-order valence-electron chi connectivity index (χ2n) is 4.16. The highest BCUT2D eigenvalue weighted by molar-refractivity contribution is 5.87. The molecule has 0 amide bonds. The zero-order valence-corrected chi connectivity index (χ0v) is 10.3. The number of aryl methyl sites for hydroxylation is 1. The van der Waals surface area contributed by atoms with Crippen molar-refractivity contribution < 1.29 is 9.90 Å². The first-order valence-corrected chi connectivity index (χ1v) is 6.09. The Kier molecular flexibility index (Phi) is 3.77. The predicted octanol–water partition coefficient (Wildman–Crippen LogP) is 3.05. The van der Waals surface area contributed by atoms with Crippen LogP contribution in [-0.4, -0.2) is 20.9 Å². The van der Waals surface area contributed by atoms with Crippen molar-refractivity contribution in [3.63, 3.8) is 0 Å². The quantitative estimate of drug-likeness (QED) is 0.879. The zero-order chi connectivity index (χ0) is 13.0. The summed E-state index contributed by atoms with van der Waals surface area (Å²) < 4.78 is 1.58. The van der Waals surface area contributed by atoms with Gasteiger partial charge in [0.1, 0.15) is 5.69 Å². The summed E-state index contributed by atoms with van der Waals surface area (Å²) in [7, 11) is 0. The van der Waals surface area contributed by atoms with Gasteiger partial charge in [0.05, 0.1) is 5.69 Å². The topological polar surface area (TPSA) is 55.1 Å². The lowest BCUT2D eigenvalue weighted by atomic mass is 10.1. The minimum atomic E-state index is -0.930. The van der Waals surface area contributed by atoms with Crippen LogP contribution < -0.4 is 0 Å². The van der Waals surface area contributed by atoms with Crippen LogP contribution in [0, 0.1) is 0 Å². The predicted molar refractivity (Wildman–Crippen MR) is 69.5 cm³/mol.